The molecule has 0 aliphatic carbocycles. The number of rotatable bonds is 5. The van der Waals surface area contributed by atoms with Crippen molar-refractivity contribution in [1.82, 2.24) is 5.43 Å². The zero-order valence-corrected chi connectivity index (χ0v) is 15.3. The van der Waals surface area contributed by atoms with E-state index < -0.39 is 11.9 Å². The number of phenolic OH excluding ortho intramolecular Hbond substituents is 1. The summed E-state index contributed by atoms with van der Waals surface area (Å²) in [6, 6.07) is 14.1. The van der Waals surface area contributed by atoms with Crippen LogP contribution in [-0.4, -0.2) is 28.3 Å². The standard InChI is InChI=1S/C19H13BrN2O5/c20-11-5-7-16(23)15(9-11)18(24)22-21-10-12-6-8-17(27-12)13-3-1-2-4-14(13)19(25)26/h1-10,23H,(H,22,24)(H,25,26)/b21-10-. The molecule has 1 amide bonds. The number of carbonyl (C=O) groups excluding carboxylic acids is 1. The highest BCUT2D eigenvalue weighted by Crippen LogP contribution is 2.25. The van der Waals surface area contributed by atoms with E-state index in [9.17, 15) is 19.8 Å². The lowest BCUT2D eigenvalue weighted by atomic mass is 10.1. The number of carboxylic acids is 1. The Kier molecular flexibility index (Phi) is 5.37. The number of nitrogens with zero attached hydrogens (tertiary/aromatic N) is 1. The van der Waals surface area contributed by atoms with Crippen molar-refractivity contribution < 1.29 is 24.2 Å². The quantitative estimate of drug-likeness (QED) is 0.421. The summed E-state index contributed by atoms with van der Waals surface area (Å²) in [6.45, 7) is 0. The van der Waals surface area contributed by atoms with E-state index >= 15 is 0 Å². The van der Waals surface area contributed by atoms with E-state index in [0.29, 0.717) is 21.6 Å². The molecular weight excluding hydrogens is 416 g/mol. The molecule has 3 rings (SSSR count). The van der Waals surface area contributed by atoms with E-state index in [1.807, 2.05) is 0 Å². The van der Waals surface area contributed by atoms with Gasteiger partial charge in [0.25, 0.3) is 5.91 Å². The Bertz CT molecular complexity index is 1040. The van der Waals surface area contributed by atoms with Gasteiger partial charge in [0.1, 0.15) is 17.3 Å². The van der Waals surface area contributed by atoms with Crippen molar-refractivity contribution in [3.05, 3.63) is 76.0 Å². The van der Waals surface area contributed by atoms with Gasteiger partial charge >= 0.3 is 5.97 Å². The number of furan rings is 1. The van der Waals surface area contributed by atoms with Crippen LogP contribution in [0.5, 0.6) is 5.75 Å². The molecule has 0 aliphatic heterocycles. The predicted octanol–water partition coefficient (Wildman–Crippen LogP) is 3.88. The number of hydrogen-bond donors (Lipinski definition) is 3. The minimum atomic E-state index is -1.06. The highest BCUT2D eigenvalue weighted by molar-refractivity contribution is 9.10. The maximum absolute atomic E-state index is 12.1. The highest BCUT2D eigenvalue weighted by atomic mass is 79.9. The molecule has 27 heavy (non-hydrogen) atoms. The SMILES string of the molecule is O=C(N/N=C\c1ccc(-c2ccccc2C(=O)O)o1)c1cc(Br)ccc1O. The molecule has 1 heterocycles. The van der Waals surface area contributed by atoms with Crippen molar-refractivity contribution in [3.8, 4) is 17.1 Å². The second kappa shape index (κ2) is 7.88. The summed E-state index contributed by atoms with van der Waals surface area (Å²) in [5.41, 5.74) is 2.91. The molecule has 0 unspecified atom stereocenters. The predicted molar refractivity (Wildman–Crippen MR) is 102 cm³/mol. The summed E-state index contributed by atoms with van der Waals surface area (Å²) in [4.78, 5) is 23.3. The molecule has 0 radical (unpaired) electrons. The summed E-state index contributed by atoms with van der Waals surface area (Å²) < 4.78 is 6.21. The van der Waals surface area contributed by atoms with Gasteiger partial charge in [-0.15, -0.1) is 0 Å². The molecule has 0 atom stereocenters. The zero-order chi connectivity index (χ0) is 19.4. The fourth-order valence-corrected chi connectivity index (χ4v) is 2.72. The molecule has 0 fully saturated rings. The first-order chi connectivity index (χ1) is 13.0. The number of aromatic carboxylic acids is 1. The van der Waals surface area contributed by atoms with Gasteiger partial charge in [-0.1, -0.05) is 34.1 Å². The third-order valence-corrected chi connectivity index (χ3v) is 4.10. The van der Waals surface area contributed by atoms with E-state index in [4.69, 9.17) is 4.42 Å². The molecule has 8 heteroatoms. The molecular formula is C19H13BrN2O5. The highest BCUT2D eigenvalue weighted by Gasteiger charge is 2.14. The first-order valence-corrected chi connectivity index (χ1v) is 8.49. The topological polar surface area (TPSA) is 112 Å². The van der Waals surface area contributed by atoms with E-state index in [1.54, 1.807) is 36.4 Å². The van der Waals surface area contributed by atoms with E-state index in [2.05, 4.69) is 26.5 Å². The van der Waals surface area contributed by atoms with Crippen LogP contribution in [0.4, 0.5) is 0 Å². The number of halogens is 1. The Balaban J connectivity index is 1.74. The fraction of sp³-hybridized carbons (Fsp3) is 0. The lowest BCUT2D eigenvalue weighted by Gasteiger charge is -2.03. The molecule has 0 saturated heterocycles. The summed E-state index contributed by atoms with van der Waals surface area (Å²) in [7, 11) is 0. The number of benzene rings is 2. The third kappa shape index (κ3) is 4.24. The normalized spacial score (nSPS) is 10.9. The van der Waals surface area contributed by atoms with Crippen LogP contribution in [0.2, 0.25) is 0 Å². The number of carbonyl (C=O) groups is 2. The third-order valence-electron chi connectivity index (χ3n) is 3.61. The van der Waals surface area contributed by atoms with Crippen molar-refractivity contribution in [2.75, 3.05) is 0 Å². The Morgan fingerprint density at radius 2 is 1.85 bits per heavy atom. The minimum absolute atomic E-state index is 0.0667. The average molecular weight is 429 g/mol. The smallest absolute Gasteiger partial charge is 0.336 e. The van der Waals surface area contributed by atoms with Crippen molar-refractivity contribution in [3.63, 3.8) is 0 Å². The molecule has 3 N–H and O–H groups in total. The van der Waals surface area contributed by atoms with Gasteiger partial charge in [-0.05, 0) is 36.4 Å². The number of phenols is 1. The fourth-order valence-electron chi connectivity index (χ4n) is 2.36. The Hall–Kier alpha value is -3.39. The second-order valence-electron chi connectivity index (χ2n) is 5.41. The lowest BCUT2D eigenvalue weighted by Crippen LogP contribution is -2.17. The first kappa shape index (κ1) is 18.4. The van der Waals surface area contributed by atoms with Gasteiger partial charge in [-0.3, -0.25) is 4.79 Å². The van der Waals surface area contributed by atoms with Crippen LogP contribution >= 0.6 is 15.9 Å². The van der Waals surface area contributed by atoms with Gasteiger partial charge in [0.2, 0.25) is 0 Å². The van der Waals surface area contributed by atoms with Crippen LogP contribution in [0.25, 0.3) is 11.3 Å². The molecule has 136 valence electrons. The van der Waals surface area contributed by atoms with Crippen LogP contribution in [0.3, 0.4) is 0 Å². The molecule has 3 aromatic rings. The van der Waals surface area contributed by atoms with Crippen molar-refractivity contribution in [2.24, 2.45) is 5.10 Å². The number of aromatic hydroxyl groups is 1. The van der Waals surface area contributed by atoms with Crippen LogP contribution in [0, 0.1) is 0 Å². The maximum Gasteiger partial charge on any atom is 0.336 e. The second-order valence-corrected chi connectivity index (χ2v) is 6.33. The van der Waals surface area contributed by atoms with E-state index in [-0.39, 0.29) is 16.9 Å². The molecule has 0 spiro atoms. The Labute approximate surface area is 162 Å². The van der Waals surface area contributed by atoms with Gasteiger partial charge < -0.3 is 14.6 Å². The first-order valence-electron chi connectivity index (χ1n) is 7.70. The van der Waals surface area contributed by atoms with Gasteiger partial charge in [-0.2, -0.15) is 5.10 Å². The summed E-state index contributed by atoms with van der Waals surface area (Å²) in [5.74, 6) is -1.13. The van der Waals surface area contributed by atoms with Gasteiger partial charge in [-0.25, -0.2) is 10.2 Å². The van der Waals surface area contributed by atoms with Crippen LogP contribution in [0.1, 0.15) is 26.5 Å². The number of hydrogen-bond acceptors (Lipinski definition) is 5. The molecule has 0 bridgehead atoms. The molecule has 0 saturated carbocycles. The van der Waals surface area contributed by atoms with Gasteiger partial charge in [0.15, 0.2) is 0 Å². The Morgan fingerprint density at radius 3 is 2.63 bits per heavy atom. The number of carboxylic acid groups (broad SMARTS) is 1. The molecule has 1 aromatic heterocycles. The van der Waals surface area contributed by atoms with Crippen LogP contribution in [-0.2, 0) is 0 Å². The molecule has 7 nitrogen and oxygen atoms in total. The monoisotopic (exact) mass is 428 g/mol. The van der Waals surface area contributed by atoms with Crippen LogP contribution in [0.15, 0.2) is 68.6 Å². The van der Waals surface area contributed by atoms with Gasteiger partial charge in [0, 0.05) is 10.0 Å². The largest absolute Gasteiger partial charge is 0.507 e. The van der Waals surface area contributed by atoms with Crippen molar-refractivity contribution in [1.29, 1.82) is 0 Å². The number of nitrogens with one attached hydrogen (secondary N) is 1. The zero-order valence-electron chi connectivity index (χ0n) is 13.7. The Morgan fingerprint density at radius 1 is 1.07 bits per heavy atom. The van der Waals surface area contributed by atoms with Crippen molar-refractivity contribution in [2.45, 2.75) is 0 Å². The van der Waals surface area contributed by atoms with Crippen molar-refractivity contribution >= 4 is 34.0 Å². The lowest BCUT2D eigenvalue weighted by molar-refractivity contribution is 0.0697. The summed E-state index contributed by atoms with van der Waals surface area (Å²) in [6.07, 6.45) is 1.28. The summed E-state index contributed by atoms with van der Waals surface area (Å²) >= 11 is 3.22. The maximum atomic E-state index is 12.1. The van der Waals surface area contributed by atoms with Crippen LogP contribution < -0.4 is 5.43 Å². The summed E-state index contributed by atoms with van der Waals surface area (Å²) in [5, 5.41) is 22.8. The number of hydrazone groups is 1. The average Bonchev–Trinajstić information content (AvgIpc) is 3.12. The minimum Gasteiger partial charge on any atom is -0.507 e. The van der Waals surface area contributed by atoms with Gasteiger partial charge in [0.05, 0.1) is 17.3 Å². The van der Waals surface area contributed by atoms with E-state index in [1.165, 1.54) is 24.4 Å². The molecule has 0 aliphatic rings. The molecule has 2 aromatic carbocycles. The van der Waals surface area contributed by atoms with E-state index in [0.717, 1.165) is 0 Å². The number of amides is 1.